The molecule has 0 unspecified atom stereocenters. The van der Waals surface area contributed by atoms with Crippen molar-refractivity contribution in [3.05, 3.63) is 65.7 Å². The van der Waals surface area contributed by atoms with Gasteiger partial charge in [0.05, 0.1) is 12.5 Å². The maximum atomic E-state index is 13.0. The number of piperazine rings is 1. The molecule has 1 N–H and O–H groups in total. The summed E-state index contributed by atoms with van der Waals surface area (Å²) in [4.78, 5) is 39.2. The SMILES string of the molecule is CC(C)Oc1ccc(C(=O)N2CCNC(=O)[C@H]2CC(=O)OCc2ccccc2)cc1. The normalized spacial score (nSPS) is 16.2. The van der Waals surface area contributed by atoms with Gasteiger partial charge in [0.25, 0.3) is 5.91 Å². The summed E-state index contributed by atoms with van der Waals surface area (Å²) < 4.78 is 10.9. The standard InChI is InChI=1S/C23H26N2O5/c1-16(2)30-19-10-8-18(9-11-19)23(28)25-13-12-24-22(27)20(25)14-21(26)29-15-17-6-4-3-5-7-17/h3-11,16,20H,12-15H2,1-2H3,(H,24,27)/t20-/m1/s1. The molecule has 7 nitrogen and oxygen atoms in total. The lowest BCUT2D eigenvalue weighted by molar-refractivity contribution is -0.148. The second-order valence-electron chi connectivity index (χ2n) is 7.35. The van der Waals surface area contributed by atoms with Crippen molar-refractivity contribution < 1.29 is 23.9 Å². The minimum Gasteiger partial charge on any atom is -0.491 e. The lowest BCUT2D eigenvalue weighted by atomic mass is 10.1. The molecular weight excluding hydrogens is 384 g/mol. The quantitative estimate of drug-likeness (QED) is 0.709. The number of nitrogens with one attached hydrogen (secondary N) is 1. The Bertz CT molecular complexity index is 880. The molecule has 2 aromatic rings. The Hall–Kier alpha value is -3.35. The number of hydrogen-bond acceptors (Lipinski definition) is 5. The van der Waals surface area contributed by atoms with Crippen LogP contribution >= 0.6 is 0 Å². The van der Waals surface area contributed by atoms with Gasteiger partial charge in [-0.15, -0.1) is 0 Å². The van der Waals surface area contributed by atoms with Crippen LogP contribution in [0.4, 0.5) is 0 Å². The van der Waals surface area contributed by atoms with Crippen LogP contribution in [-0.4, -0.2) is 47.9 Å². The van der Waals surface area contributed by atoms with Gasteiger partial charge in [-0.05, 0) is 43.7 Å². The smallest absolute Gasteiger partial charge is 0.308 e. The van der Waals surface area contributed by atoms with Gasteiger partial charge >= 0.3 is 5.97 Å². The molecular formula is C23H26N2O5. The third-order valence-electron chi connectivity index (χ3n) is 4.67. The van der Waals surface area contributed by atoms with Crippen molar-refractivity contribution >= 4 is 17.8 Å². The van der Waals surface area contributed by atoms with E-state index in [1.54, 1.807) is 24.3 Å². The molecule has 1 atom stereocenters. The van der Waals surface area contributed by atoms with Crippen LogP contribution in [0, 0.1) is 0 Å². The van der Waals surface area contributed by atoms with Crippen molar-refractivity contribution in [2.24, 2.45) is 0 Å². The summed E-state index contributed by atoms with van der Waals surface area (Å²) in [5.74, 6) is -0.522. The number of esters is 1. The number of amides is 2. The molecule has 158 valence electrons. The second-order valence-corrected chi connectivity index (χ2v) is 7.35. The minimum absolute atomic E-state index is 0.0311. The lowest BCUT2D eigenvalue weighted by Gasteiger charge is -2.34. The second kappa shape index (κ2) is 9.91. The summed E-state index contributed by atoms with van der Waals surface area (Å²) in [6.07, 6.45) is -0.164. The molecule has 1 saturated heterocycles. The average Bonchev–Trinajstić information content (AvgIpc) is 2.74. The topological polar surface area (TPSA) is 84.9 Å². The molecule has 0 bridgehead atoms. The number of benzene rings is 2. The molecule has 0 radical (unpaired) electrons. The number of hydrogen-bond donors (Lipinski definition) is 1. The fourth-order valence-corrected chi connectivity index (χ4v) is 3.23. The van der Waals surface area contributed by atoms with Crippen molar-refractivity contribution in [3.8, 4) is 5.75 Å². The lowest BCUT2D eigenvalue weighted by Crippen LogP contribution is -2.57. The fourth-order valence-electron chi connectivity index (χ4n) is 3.23. The van der Waals surface area contributed by atoms with E-state index in [1.165, 1.54) is 4.90 Å². The van der Waals surface area contributed by atoms with Gasteiger partial charge in [0.1, 0.15) is 18.4 Å². The third-order valence-corrected chi connectivity index (χ3v) is 4.67. The van der Waals surface area contributed by atoms with Gasteiger partial charge in [-0.3, -0.25) is 14.4 Å². The maximum absolute atomic E-state index is 13.0. The molecule has 1 fully saturated rings. The Morgan fingerprint density at radius 2 is 1.80 bits per heavy atom. The highest BCUT2D eigenvalue weighted by Gasteiger charge is 2.35. The van der Waals surface area contributed by atoms with Crippen molar-refractivity contribution in [2.75, 3.05) is 13.1 Å². The molecule has 3 rings (SSSR count). The highest BCUT2D eigenvalue weighted by Crippen LogP contribution is 2.18. The number of carbonyl (C=O) groups excluding carboxylic acids is 3. The molecule has 7 heteroatoms. The molecule has 1 aliphatic rings. The number of nitrogens with zero attached hydrogens (tertiary/aromatic N) is 1. The van der Waals surface area contributed by atoms with Gasteiger partial charge in [0, 0.05) is 18.7 Å². The Balaban J connectivity index is 1.65. The van der Waals surface area contributed by atoms with Gasteiger partial charge in [-0.2, -0.15) is 0 Å². The van der Waals surface area contributed by atoms with E-state index < -0.39 is 12.0 Å². The predicted molar refractivity (Wildman–Crippen MR) is 111 cm³/mol. The van der Waals surface area contributed by atoms with E-state index in [-0.39, 0.29) is 30.9 Å². The highest BCUT2D eigenvalue weighted by molar-refractivity contribution is 5.99. The number of carbonyl (C=O) groups is 3. The van der Waals surface area contributed by atoms with Crippen LogP contribution < -0.4 is 10.1 Å². The molecule has 2 aromatic carbocycles. The van der Waals surface area contributed by atoms with Crippen LogP contribution in [0.15, 0.2) is 54.6 Å². The first kappa shape index (κ1) is 21.4. The first-order chi connectivity index (χ1) is 14.4. The van der Waals surface area contributed by atoms with Crippen LogP contribution in [0.25, 0.3) is 0 Å². The molecule has 1 aliphatic heterocycles. The zero-order chi connectivity index (χ0) is 21.5. The summed E-state index contributed by atoms with van der Waals surface area (Å²) in [6, 6.07) is 15.2. The first-order valence-corrected chi connectivity index (χ1v) is 9.99. The van der Waals surface area contributed by atoms with Crippen LogP contribution in [0.1, 0.15) is 36.2 Å². The summed E-state index contributed by atoms with van der Waals surface area (Å²) in [6.45, 7) is 4.64. The molecule has 0 aromatic heterocycles. The molecule has 30 heavy (non-hydrogen) atoms. The predicted octanol–water partition coefficient (Wildman–Crippen LogP) is 2.55. The maximum Gasteiger partial charge on any atom is 0.308 e. The average molecular weight is 410 g/mol. The van der Waals surface area contributed by atoms with Crippen LogP contribution in [0.3, 0.4) is 0 Å². The van der Waals surface area contributed by atoms with Gasteiger partial charge in [-0.25, -0.2) is 0 Å². The van der Waals surface area contributed by atoms with Crippen molar-refractivity contribution in [1.29, 1.82) is 0 Å². The molecule has 2 amide bonds. The Labute approximate surface area is 176 Å². The number of ether oxygens (including phenoxy) is 2. The molecule has 0 aliphatic carbocycles. The van der Waals surface area contributed by atoms with E-state index in [0.717, 1.165) is 5.56 Å². The number of rotatable bonds is 7. The van der Waals surface area contributed by atoms with Crippen molar-refractivity contribution in [3.63, 3.8) is 0 Å². The van der Waals surface area contributed by atoms with Crippen molar-refractivity contribution in [2.45, 2.75) is 39.0 Å². The van der Waals surface area contributed by atoms with E-state index in [2.05, 4.69) is 5.32 Å². The zero-order valence-corrected chi connectivity index (χ0v) is 17.2. The summed E-state index contributed by atoms with van der Waals surface area (Å²) in [5.41, 5.74) is 1.29. The Kier molecular flexibility index (Phi) is 7.06. The largest absolute Gasteiger partial charge is 0.491 e. The summed E-state index contributed by atoms with van der Waals surface area (Å²) >= 11 is 0. The summed E-state index contributed by atoms with van der Waals surface area (Å²) in [7, 11) is 0. The van der Waals surface area contributed by atoms with Gasteiger partial charge < -0.3 is 19.7 Å². The van der Waals surface area contributed by atoms with Gasteiger partial charge in [0.15, 0.2) is 0 Å². The van der Waals surface area contributed by atoms with Gasteiger partial charge in [0.2, 0.25) is 5.91 Å². The van der Waals surface area contributed by atoms with E-state index in [4.69, 9.17) is 9.47 Å². The van der Waals surface area contributed by atoms with Crippen LogP contribution in [0.2, 0.25) is 0 Å². The molecule has 1 heterocycles. The molecule has 0 saturated carbocycles. The first-order valence-electron chi connectivity index (χ1n) is 9.99. The fraction of sp³-hybridized carbons (Fsp3) is 0.348. The van der Waals surface area contributed by atoms with Crippen LogP contribution in [0.5, 0.6) is 5.75 Å². The van der Waals surface area contributed by atoms with E-state index in [1.807, 2.05) is 44.2 Å². The van der Waals surface area contributed by atoms with E-state index in [9.17, 15) is 14.4 Å². The Morgan fingerprint density at radius 1 is 1.10 bits per heavy atom. The zero-order valence-electron chi connectivity index (χ0n) is 17.2. The Morgan fingerprint density at radius 3 is 2.47 bits per heavy atom. The monoisotopic (exact) mass is 410 g/mol. The van der Waals surface area contributed by atoms with E-state index in [0.29, 0.717) is 24.4 Å². The summed E-state index contributed by atoms with van der Waals surface area (Å²) in [5, 5.41) is 2.72. The highest BCUT2D eigenvalue weighted by atomic mass is 16.5. The minimum atomic E-state index is -0.902. The van der Waals surface area contributed by atoms with Gasteiger partial charge in [-0.1, -0.05) is 30.3 Å². The van der Waals surface area contributed by atoms with E-state index >= 15 is 0 Å². The van der Waals surface area contributed by atoms with Crippen molar-refractivity contribution in [1.82, 2.24) is 10.2 Å². The molecule has 0 spiro atoms. The van der Waals surface area contributed by atoms with Crippen LogP contribution in [-0.2, 0) is 20.9 Å². The third kappa shape index (κ3) is 5.59.